The van der Waals surface area contributed by atoms with Crippen molar-refractivity contribution in [2.75, 3.05) is 6.61 Å². The first-order valence-electron chi connectivity index (χ1n) is 9.11. The molecule has 1 atom stereocenters. The maximum Gasteiger partial charge on any atom is 0.419 e. The molecule has 9 heteroatoms. The van der Waals surface area contributed by atoms with Crippen LogP contribution in [0.15, 0.2) is 48.5 Å². The molecule has 0 aliphatic rings. The first-order valence-corrected chi connectivity index (χ1v) is 10.7. The molecule has 0 fully saturated rings. The fourth-order valence-corrected chi connectivity index (χ4v) is 4.76. The van der Waals surface area contributed by atoms with Crippen LogP contribution in [0.5, 0.6) is 5.75 Å². The molecule has 2 aromatic heterocycles. The molecule has 2 heterocycles. The number of aliphatic hydroxyl groups is 1. The van der Waals surface area contributed by atoms with Gasteiger partial charge in [-0.05, 0) is 35.7 Å². The second-order valence-electron chi connectivity index (χ2n) is 6.78. The maximum atomic E-state index is 13.7. The molecule has 0 bridgehead atoms. The largest absolute Gasteiger partial charge is 0.487 e. The van der Waals surface area contributed by atoms with Gasteiger partial charge in [-0.2, -0.15) is 13.2 Å². The predicted octanol–water partition coefficient (Wildman–Crippen LogP) is 6.11. The first-order chi connectivity index (χ1) is 14.3. The van der Waals surface area contributed by atoms with Crippen molar-refractivity contribution in [2.45, 2.75) is 25.6 Å². The average molecular weight is 451 g/mol. The first kappa shape index (κ1) is 20.8. The topological polar surface area (TPSA) is 55.2 Å². The minimum atomic E-state index is -4.57. The van der Waals surface area contributed by atoms with Gasteiger partial charge in [0.1, 0.15) is 22.4 Å². The highest BCUT2D eigenvalue weighted by Gasteiger charge is 2.35. The SMILES string of the molecule is C[C@H](CO)c1nnc(-c2ccc(OCc3cc4ccccc4s3)c(C(F)(F)F)c2)s1. The fraction of sp³-hybridized carbons (Fsp3) is 0.238. The van der Waals surface area contributed by atoms with Gasteiger partial charge in [-0.25, -0.2) is 0 Å². The van der Waals surface area contributed by atoms with E-state index in [1.54, 1.807) is 13.0 Å². The molecule has 0 radical (unpaired) electrons. The molecule has 4 nitrogen and oxygen atoms in total. The van der Waals surface area contributed by atoms with Gasteiger partial charge >= 0.3 is 6.18 Å². The Kier molecular flexibility index (Phi) is 5.77. The molecule has 0 amide bonds. The number of hydrogen-bond acceptors (Lipinski definition) is 6. The van der Waals surface area contributed by atoms with Crippen molar-refractivity contribution in [3.63, 3.8) is 0 Å². The molecule has 0 saturated heterocycles. The highest BCUT2D eigenvalue weighted by Crippen LogP contribution is 2.40. The summed E-state index contributed by atoms with van der Waals surface area (Å²) < 4.78 is 47.7. The van der Waals surface area contributed by atoms with Crippen LogP contribution >= 0.6 is 22.7 Å². The molecule has 0 spiro atoms. The zero-order valence-electron chi connectivity index (χ0n) is 15.8. The predicted molar refractivity (Wildman–Crippen MR) is 112 cm³/mol. The van der Waals surface area contributed by atoms with E-state index in [0.29, 0.717) is 15.6 Å². The zero-order valence-corrected chi connectivity index (χ0v) is 17.4. The van der Waals surface area contributed by atoms with E-state index in [1.165, 1.54) is 28.7 Å². The molecule has 2 aromatic carbocycles. The van der Waals surface area contributed by atoms with E-state index >= 15 is 0 Å². The van der Waals surface area contributed by atoms with Crippen molar-refractivity contribution < 1.29 is 23.0 Å². The van der Waals surface area contributed by atoms with Crippen LogP contribution < -0.4 is 4.74 Å². The number of hydrogen-bond donors (Lipinski definition) is 1. The average Bonchev–Trinajstić information content (AvgIpc) is 3.38. The number of nitrogens with zero attached hydrogens (tertiary/aromatic N) is 2. The van der Waals surface area contributed by atoms with Crippen molar-refractivity contribution in [3.8, 4) is 16.3 Å². The van der Waals surface area contributed by atoms with Gasteiger partial charge in [0.05, 0.1) is 12.2 Å². The number of alkyl halides is 3. The summed E-state index contributed by atoms with van der Waals surface area (Å²) in [6.45, 7) is 1.72. The van der Waals surface area contributed by atoms with Crippen molar-refractivity contribution in [3.05, 3.63) is 64.0 Å². The quantitative estimate of drug-likeness (QED) is 0.385. The summed E-state index contributed by atoms with van der Waals surface area (Å²) in [6.07, 6.45) is -4.57. The lowest BCUT2D eigenvalue weighted by molar-refractivity contribution is -0.139. The smallest absolute Gasteiger partial charge is 0.419 e. The van der Waals surface area contributed by atoms with Gasteiger partial charge in [0.25, 0.3) is 0 Å². The molecule has 4 aromatic rings. The number of aromatic nitrogens is 2. The zero-order chi connectivity index (χ0) is 21.3. The second kappa shape index (κ2) is 8.33. The van der Waals surface area contributed by atoms with Crippen LogP contribution in [0.1, 0.15) is 28.3 Å². The van der Waals surface area contributed by atoms with Crippen molar-refractivity contribution in [2.24, 2.45) is 0 Å². The van der Waals surface area contributed by atoms with E-state index in [9.17, 15) is 18.3 Å². The summed E-state index contributed by atoms with van der Waals surface area (Å²) in [5, 5.41) is 19.2. The van der Waals surface area contributed by atoms with Crippen LogP contribution in [-0.4, -0.2) is 21.9 Å². The standard InChI is InChI=1S/C21H17F3N2O2S2/c1-12(10-27)19-25-26-20(30-19)14-6-7-17(16(9-14)21(22,23)24)28-11-15-8-13-4-2-3-5-18(13)29-15/h2-9,12,27H,10-11H2,1H3/t12-/m1/s1. The Morgan fingerprint density at radius 3 is 2.60 bits per heavy atom. The van der Waals surface area contributed by atoms with E-state index in [1.807, 2.05) is 30.3 Å². The lowest BCUT2D eigenvalue weighted by Gasteiger charge is -2.14. The van der Waals surface area contributed by atoms with Gasteiger partial charge in [-0.15, -0.1) is 21.5 Å². The minimum absolute atomic E-state index is 0.0543. The van der Waals surface area contributed by atoms with Gasteiger partial charge in [0, 0.05) is 21.1 Å². The Morgan fingerprint density at radius 2 is 1.87 bits per heavy atom. The molecule has 0 aliphatic heterocycles. The van der Waals surface area contributed by atoms with Crippen LogP contribution in [0.4, 0.5) is 13.2 Å². The molecule has 0 aliphatic carbocycles. The molecule has 30 heavy (non-hydrogen) atoms. The van der Waals surface area contributed by atoms with Gasteiger partial charge in [-0.1, -0.05) is 36.5 Å². The third kappa shape index (κ3) is 4.33. The molecular formula is C21H17F3N2O2S2. The number of rotatable bonds is 6. The number of ether oxygens (including phenoxy) is 1. The van der Waals surface area contributed by atoms with Gasteiger partial charge < -0.3 is 9.84 Å². The maximum absolute atomic E-state index is 13.7. The van der Waals surface area contributed by atoms with E-state index in [0.717, 1.165) is 21.0 Å². The molecule has 0 saturated carbocycles. The molecule has 1 N–H and O–H groups in total. The van der Waals surface area contributed by atoms with Crippen LogP contribution in [0.2, 0.25) is 0 Å². The van der Waals surface area contributed by atoms with Gasteiger partial charge in [0.15, 0.2) is 0 Å². The Bertz CT molecular complexity index is 1140. The summed E-state index contributed by atoms with van der Waals surface area (Å²) in [4.78, 5) is 0.847. The lowest BCUT2D eigenvalue weighted by Crippen LogP contribution is -2.09. The van der Waals surface area contributed by atoms with E-state index in [4.69, 9.17) is 4.74 Å². The summed E-state index contributed by atoms with van der Waals surface area (Å²) in [7, 11) is 0. The van der Waals surface area contributed by atoms with Crippen molar-refractivity contribution >= 4 is 32.8 Å². The van der Waals surface area contributed by atoms with Crippen LogP contribution in [0.25, 0.3) is 20.7 Å². The molecule has 4 rings (SSSR count). The Labute approximate surface area is 178 Å². The monoisotopic (exact) mass is 450 g/mol. The van der Waals surface area contributed by atoms with E-state index < -0.39 is 11.7 Å². The highest BCUT2D eigenvalue weighted by molar-refractivity contribution is 7.19. The Hall–Kier alpha value is -2.49. The number of thiophene rings is 1. The Morgan fingerprint density at radius 1 is 1.07 bits per heavy atom. The molecule has 156 valence electrons. The van der Waals surface area contributed by atoms with Crippen LogP contribution in [-0.2, 0) is 12.8 Å². The number of halogens is 3. The second-order valence-corrected chi connectivity index (χ2v) is 8.95. The van der Waals surface area contributed by atoms with Gasteiger partial charge in [-0.3, -0.25) is 0 Å². The van der Waals surface area contributed by atoms with E-state index in [-0.39, 0.29) is 24.9 Å². The van der Waals surface area contributed by atoms with Crippen molar-refractivity contribution in [1.29, 1.82) is 0 Å². The van der Waals surface area contributed by atoms with Gasteiger partial charge in [0.2, 0.25) is 0 Å². The lowest BCUT2D eigenvalue weighted by atomic mass is 10.1. The molecule has 0 unspecified atom stereocenters. The summed E-state index contributed by atoms with van der Waals surface area (Å²) in [5.74, 6) is -0.445. The summed E-state index contributed by atoms with van der Waals surface area (Å²) in [5.41, 5.74) is -0.543. The number of fused-ring (bicyclic) bond motifs is 1. The van der Waals surface area contributed by atoms with Crippen LogP contribution in [0, 0.1) is 0 Å². The minimum Gasteiger partial charge on any atom is -0.487 e. The Balaban J connectivity index is 1.60. The summed E-state index contributed by atoms with van der Waals surface area (Å²) >= 11 is 2.66. The van der Waals surface area contributed by atoms with E-state index in [2.05, 4.69) is 10.2 Å². The third-order valence-corrected chi connectivity index (χ3v) is 6.81. The van der Waals surface area contributed by atoms with Crippen molar-refractivity contribution in [1.82, 2.24) is 10.2 Å². The molecular weight excluding hydrogens is 433 g/mol. The van der Waals surface area contributed by atoms with Crippen LogP contribution in [0.3, 0.4) is 0 Å². The number of aliphatic hydroxyl groups excluding tert-OH is 1. The fourth-order valence-electron chi connectivity index (χ4n) is 2.90. The normalized spacial score (nSPS) is 13.0. The highest BCUT2D eigenvalue weighted by atomic mass is 32.1. The third-order valence-electron chi connectivity index (χ3n) is 4.51. The number of benzene rings is 2. The summed E-state index contributed by atoms with van der Waals surface area (Å²) in [6, 6.07) is 13.6.